The molecule has 0 unspecified atom stereocenters. The standard InChI is InChI=1S/C49H97NO4/c1-7-11-25-35-46(36-26-12-8-2)43-48(51)53-41-31-23-19-15-17-21-29-33-45(39-40-50(5)6)34-30-22-18-16-20-24-32-42-54-49(52)44-47(37-27-13-9-3)38-28-14-10-4/h45-47H,7-44H2,1-6H3. The third-order valence-corrected chi connectivity index (χ3v) is 11.8. The summed E-state index contributed by atoms with van der Waals surface area (Å²) in [6.07, 6.45) is 42.9. The molecule has 0 spiro atoms. The van der Waals surface area contributed by atoms with Gasteiger partial charge >= 0.3 is 11.9 Å². The maximum absolute atomic E-state index is 12.5. The SMILES string of the molecule is CCCCCC(CCCCC)CC(=O)OCCCCCCCCCC(CCCCCCCCCOC(=O)CC(CCCCC)CCCCC)CCN(C)C. The lowest BCUT2D eigenvalue weighted by atomic mass is 9.91. The summed E-state index contributed by atoms with van der Waals surface area (Å²) in [4.78, 5) is 27.3. The van der Waals surface area contributed by atoms with Crippen molar-refractivity contribution in [3.05, 3.63) is 0 Å². The first-order chi connectivity index (χ1) is 26.4. The molecule has 322 valence electrons. The fourth-order valence-corrected chi connectivity index (χ4v) is 8.10. The van der Waals surface area contributed by atoms with Crippen LogP contribution in [0.25, 0.3) is 0 Å². The zero-order chi connectivity index (χ0) is 39.7. The Balaban J connectivity index is 3.97. The molecule has 0 atom stereocenters. The van der Waals surface area contributed by atoms with Gasteiger partial charge in [0.25, 0.3) is 0 Å². The molecule has 0 aliphatic heterocycles. The molecule has 0 saturated carbocycles. The lowest BCUT2D eigenvalue weighted by molar-refractivity contribution is -0.146. The maximum Gasteiger partial charge on any atom is 0.306 e. The Morgan fingerprint density at radius 1 is 0.370 bits per heavy atom. The molecular formula is C49H97NO4. The number of carbonyl (C=O) groups excluding carboxylic acids is 2. The minimum Gasteiger partial charge on any atom is -0.466 e. The molecule has 0 fully saturated rings. The molecule has 0 heterocycles. The summed E-state index contributed by atoms with van der Waals surface area (Å²) in [5.74, 6) is 1.99. The van der Waals surface area contributed by atoms with Gasteiger partial charge in [0.15, 0.2) is 0 Å². The van der Waals surface area contributed by atoms with Crippen LogP contribution in [0.15, 0.2) is 0 Å². The Labute approximate surface area is 339 Å². The van der Waals surface area contributed by atoms with Gasteiger partial charge in [-0.3, -0.25) is 9.59 Å². The zero-order valence-electron chi connectivity index (χ0n) is 37.7. The van der Waals surface area contributed by atoms with Gasteiger partial charge < -0.3 is 14.4 Å². The highest BCUT2D eigenvalue weighted by molar-refractivity contribution is 5.70. The Bertz CT molecular complexity index is 708. The van der Waals surface area contributed by atoms with E-state index < -0.39 is 0 Å². The highest BCUT2D eigenvalue weighted by Crippen LogP contribution is 2.25. The first-order valence-electron chi connectivity index (χ1n) is 24.3. The van der Waals surface area contributed by atoms with E-state index >= 15 is 0 Å². The Morgan fingerprint density at radius 3 is 0.963 bits per heavy atom. The number of carbonyl (C=O) groups is 2. The van der Waals surface area contributed by atoms with Crippen molar-refractivity contribution in [2.45, 2.75) is 252 Å². The Morgan fingerprint density at radius 2 is 0.648 bits per heavy atom. The number of hydrogen-bond donors (Lipinski definition) is 0. The van der Waals surface area contributed by atoms with Gasteiger partial charge in [-0.25, -0.2) is 0 Å². The summed E-state index contributed by atoms with van der Waals surface area (Å²) >= 11 is 0. The molecule has 5 heteroatoms. The molecule has 0 aliphatic carbocycles. The number of rotatable bonds is 43. The van der Waals surface area contributed by atoms with E-state index in [1.54, 1.807) is 0 Å². The summed E-state index contributed by atoms with van der Waals surface area (Å²) in [5.41, 5.74) is 0. The first kappa shape index (κ1) is 52.9. The van der Waals surface area contributed by atoms with Gasteiger partial charge in [-0.2, -0.15) is 0 Å². The molecule has 0 N–H and O–H groups in total. The van der Waals surface area contributed by atoms with Gasteiger partial charge in [-0.05, 0) is 83.3 Å². The van der Waals surface area contributed by atoms with Crippen LogP contribution >= 0.6 is 0 Å². The second-order valence-electron chi connectivity index (χ2n) is 17.5. The summed E-state index contributed by atoms with van der Waals surface area (Å²) in [7, 11) is 4.41. The van der Waals surface area contributed by atoms with E-state index in [0.29, 0.717) is 37.9 Å². The molecule has 0 rings (SSSR count). The van der Waals surface area contributed by atoms with Crippen LogP contribution in [0.2, 0.25) is 0 Å². The molecule has 0 aromatic rings. The van der Waals surface area contributed by atoms with Crippen LogP contribution in [-0.4, -0.2) is 50.7 Å². The van der Waals surface area contributed by atoms with Gasteiger partial charge in [0.1, 0.15) is 0 Å². The molecule has 0 bridgehead atoms. The van der Waals surface area contributed by atoms with E-state index in [2.05, 4.69) is 46.7 Å². The molecule has 0 aromatic heterocycles. The van der Waals surface area contributed by atoms with E-state index in [-0.39, 0.29) is 11.9 Å². The molecule has 0 amide bonds. The fourth-order valence-electron chi connectivity index (χ4n) is 8.10. The summed E-state index contributed by atoms with van der Waals surface area (Å²) in [6, 6.07) is 0. The van der Waals surface area contributed by atoms with Crippen LogP contribution in [0, 0.1) is 17.8 Å². The van der Waals surface area contributed by atoms with Gasteiger partial charge in [0.2, 0.25) is 0 Å². The average molecular weight is 764 g/mol. The average Bonchev–Trinajstić information content (AvgIpc) is 3.15. The highest BCUT2D eigenvalue weighted by atomic mass is 16.5. The molecule has 0 aromatic carbocycles. The summed E-state index contributed by atoms with van der Waals surface area (Å²) in [6.45, 7) is 11.4. The Hall–Kier alpha value is -1.10. The predicted octanol–water partition coefficient (Wildman–Crippen LogP) is 15.2. The number of nitrogens with zero attached hydrogens (tertiary/aromatic N) is 1. The third-order valence-electron chi connectivity index (χ3n) is 11.8. The minimum atomic E-state index is 0.0393. The quantitative estimate of drug-likeness (QED) is 0.0457. The van der Waals surface area contributed by atoms with Crippen LogP contribution in [0.1, 0.15) is 252 Å². The third kappa shape index (κ3) is 37.8. The zero-order valence-corrected chi connectivity index (χ0v) is 37.7. The maximum atomic E-state index is 12.5. The van der Waals surface area contributed by atoms with Crippen LogP contribution in [0.4, 0.5) is 0 Å². The lowest BCUT2D eigenvalue weighted by Gasteiger charge is -2.19. The fraction of sp³-hybridized carbons (Fsp3) is 0.959. The van der Waals surface area contributed by atoms with Crippen molar-refractivity contribution in [1.82, 2.24) is 4.90 Å². The molecule has 5 nitrogen and oxygen atoms in total. The number of esters is 2. The number of ether oxygens (including phenoxy) is 2. The van der Waals surface area contributed by atoms with Crippen LogP contribution in [0.3, 0.4) is 0 Å². The van der Waals surface area contributed by atoms with Crippen molar-refractivity contribution in [1.29, 1.82) is 0 Å². The molecule has 0 radical (unpaired) electrons. The van der Waals surface area contributed by atoms with E-state index in [4.69, 9.17) is 9.47 Å². The van der Waals surface area contributed by atoms with Crippen LogP contribution in [0.5, 0.6) is 0 Å². The van der Waals surface area contributed by atoms with Crippen LogP contribution < -0.4 is 0 Å². The minimum absolute atomic E-state index is 0.0393. The summed E-state index contributed by atoms with van der Waals surface area (Å²) in [5, 5.41) is 0. The second-order valence-corrected chi connectivity index (χ2v) is 17.5. The number of unbranched alkanes of at least 4 members (excludes halogenated alkanes) is 20. The van der Waals surface area contributed by atoms with Crippen LogP contribution in [-0.2, 0) is 19.1 Å². The normalized spacial score (nSPS) is 11.8. The number of hydrogen-bond acceptors (Lipinski definition) is 5. The van der Waals surface area contributed by atoms with E-state index in [1.165, 1.54) is 206 Å². The highest BCUT2D eigenvalue weighted by Gasteiger charge is 2.16. The Kier molecular flexibility index (Phi) is 40.7. The monoisotopic (exact) mass is 764 g/mol. The van der Waals surface area contributed by atoms with E-state index in [9.17, 15) is 9.59 Å². The molecule has 54 heavy (non-hydrogen) atoms. The first-order valence-corrected chi connectivity index (χ1v) is 24.3. The second kappa shape index (κ2) is 41.5. The van der Waals surface area contributed by atoms with Crippen molar-refractivity contribution in [3.8, 4) is 0 Å². The van der Waals surface area contributed by atoms with Crippen molar-refractivity contribution >= 4 is 11.9 Å². The van der Waals surface area contributed by atoms with Gasteiger partial charge in [-0.15, -0.1) is 0 Å². The van der Waals surface area contributed by atoms with Crippen molar-refractivity contribution in [2.75, 3.05) is 33.9 Å². The van der Waals surface area contributed by atoms with E-state index in [0.717, 1.165) is 18.8 Å². The predicted molar refractivity (Wildman–Crippen MR) is 235 cm³/mol. The smallest absolute Gasteiger partial charge is 0.306 e. The van der Waals surface area contributed by atoms with Gasteiger partial charge in [0, 0.05) is 12.8 Å². The van der Waals surface area contributed by atoms with Crippen molar-refractivity contribution in [3.63, 3.8) is 0 Å². The molecule has 0 saturated heterocycles. The molecular weight excluding hydrogens is 667 g/mol. The lowest BCUT2D eigenvalue weighted by Crippen LogP contribution is -2.17. The van der Waals surface area contributed by atoms with Crippen molar-refractivity contribution < 1.29 is 19.1 Å². The largest absolute Gasteiger partial charge is 0.466 e. The van der Waals surface area contributed by atoms with E-state index in [1.807, 2.05) is 0 Å². The van der Waals surface area contributed by atoms with Crippen molar-refractivity contribution in [2.24, 2.45) is 17.8 Å². The van der Waals surface area contributed by atoms with Gasteiger partial charge in [-0.1, -0.05) is 195 Å². The molecule has 0 aliphatic rings. The topological polar surface area (TPSA) is 55.8 Å². The van der Waals surface area contributed by atoms with Gasteiger partial charge in [0.05, 0.1) is 13.2 Å². The summed E-state index contributed by atoms with van der Waals surface area (Å²) < 4.78 is 11.3.